The van der Waals surface area contributed by atoms with E-state index < -0.39 is 6.04 Å². The minimum atomic E-state index is -0.546. The van der Waals surface area contributed by atoms with Crippen molar-refractivity contribution in [1.82, 2.24) is 10.2 Å². The summed E-state index contributed by atoms with van der Waals surface area (Å²) < 4.78 is 13.4. The van der Waals surface area contributed by atoms with Gasteiger partial charge in [-0.1, -0.05) is 56.5 Å². The molecule has 3 rings (SSSR count). The fourth-order valence-corrected chi connectivity index (χ4v) is 4.80. The lowest BCUT2D eigenvalue weighted by molar-refractivity contribution is -0.139. The molecule has 2 amide bonds. The molecule has 0 heterocycles. The van der Waals surface area contributed by atoms with Crippen molar-refractivity contribution < 1.29 is 14.0 Å². The summed E-state index contributed by atoms with van der Waals surface area (Å²) in [5, 5.41) is 3.17. The Hall–Kier alpha value is -2.34. The van der Waals surface area contributed by atoms with Gasteiger partial charge in [0.25, 0.3) is 0 Å². The van der Waals surface area contributed by atoms with Gasteiger partial charge in [-0.3, -0.25) is 9.59 Å². The predicted octanol–water partition coefficient (Wildman–Crippen LogP) is 5.17. The van der Waals surface area contributed by atoms with Crippen LogP contribution in [-0.4, -0.2) is 34.6 Å². The maximum absolute atomic E-state index is 13.4. The van der Waals surface area contributed by atoms with Gasteiger partial charge in [0.05, 0.1) is 5.75 Å². The third kappa shape index (κ3) is 7.10. The zero-order valence-corrected chi connectivity index (χ0v) is 18.9. The molecule has 1 atom stereocenters. The van der Waals surface area contributed by atoms with Crippen molar-refractivity contribution >= 4 is 23.6 Å². The third-order valence-corrected chi connectivity index (χ3v) is 6.71. The summed E-state index contributed by atoms with van der Waals surface area (Å²) in [5.41, 5.74) is 0.809. The number of hydrogen-bond acceptors (Lipinski definition) is 3. The first-order chi connectivity index (χ1) is 15.1. The van der Waals surface area contributed by atoms with Crippen LogP contribution in [0.15, 0.2) is 59.5 Å². The molecule has 1 aliphatic carbocycles. The van der Waals surface area contributed by atoms with Gasteiger partial charge in [0.15, 0.2) is 0 Å². The predicted molar refractivity (Wildman–Crippen MR) is 123 cm³/mol. The maximum atomic E-state index is 13.4. The molecule has 0 aliphatic heterocycles. The van der Waals surface area contributed by atoms with Gasteiger partial charge < -0.3 is 10.2 Å². The van der Waals surface area contributed by atoms with Crippen LogP contribution in [0.3, 0.4) is 0 Å². The molecule has 1 N–H and O–H groups in total. The van der Waals surface area contributed by atoms with E-state index in [4.69, 9.17) is 0 Å². The SMILES string of the molecule is CC[C@H](C(=O)NC1CCCCC1)N(Cc1ccc(F)cc1)C(=O)CSc1ccccc1. The standard InChI is InChI=1S/C25H31FN2O2S/c1-2-23(25(30)27-21-9-5-3-6-10-21)28(17-19-13-15-20(26)16-14-19)24(29)18-31-22-11-7-4-8-12-22/h4,7-8,11-16,21,23H,2-3,5-6,9-10,17-18H2,1H3,(H,27,30)/t23-/m1/s1. The number of thioether (sulfide) groups is 1. The summed E-state index contributed by atoms with van der Waals surface area (Å²) in [4.78, 5) is 29.0. The highest BCUT2D eigenvalue weighted by Crippen LogP contribution is 2.22. The molecule has 2 aromatic rings. The molecular formula is C25H31FN2O2S. The molecule has 31 heavy (non-hydrogen) atoms. The molecule has 0 bridgehead atoms. The summed E-state index contributed by atoms with van der Waals surface area (Å²) in [5.74, 6) is -0.250. The number of rotatable bonds is 9. The van der Waals surface area contributed by atoms with Crippen molar-refractivity contribution in [1.29, 1.82) is 0 Å². The maximum Gasteiger partial charge on any atom is 0.243 e. The lowest BCUT2D eigenvalue weighted by atomic mass is 9.95. The topological polar surface area (TPSA) is 49.4 Å². The molecular weight excluding hydrogens is 411 g/mol. The number of carbonyl (C=O) groups excluding carboxylic acids is 2. The normalized spacial score (nSPS) is 15.3. The highest BCUT2D eigenvalue weighted by Gasteiger charge is 2.30. The molecule has 2 aromatic carbocycles. The van der Waals surface area contributed by atoms with Crippen molar-refractivity contribution in [3.63, 3.8) is 0 Å². The van der Waals surface area contributed by atoms with E-state index in [-0.39, 0.29) is 36.0 Å². The fourth-order valence-electron chi connectivity index (χ4n) is 4.00. The van der Waals surface area contributed by atoms with Gasteiger partial charge >= 0.3 is 0 Å². The van der Waals surface area contributed by atoms with Crippen molar-refractivity contribution in [3.05, 3.63) is 66.0 Å². The average Bonchev–Trinajstić information content (AvgIpc) is 2.80. The molecule has 0 unspecified atom stereocenters. The van der Waals surface area contributed by atoms with Gasteiger partial charge in [-0.15, -0.1) is 11.8 Å². The molecule has 166 valence electrons. The van der Waals surface area contributed by atoms with Gasteiger partial charge in [0.2, 0.25) is 11.8 Å². The van der Waals surface area contributed by atoms with Crippen LogP contribution < -0.4 is 5.32 Å². The van der Waals surface area contributed by atoms with Crippen molar-refractivity contribution in [2.45, 2.75) is 69.0 Å². The molecule has 6 heteroatoms. The van der Waals surface area contributed by atoms with Crippen molar-refractivity contribution in [2.24, 2.45) is 0 Å². The zero-order chi connectivity index (χ0) is 22.1. The number of carbonyl (C=O) groups is 2. The Bertz CT molecular complexity index is 838. The Morgan fingerprint density at radius 3 is 2.39 bits per heavy atom. The number of nitrogens with zero attached hydrogens (tertiary/aromatic N) is 1. The van der Waals surface area contributed by atoms with Gasteiger partial charge in [-0.05, 0) is 49.1 Å². The van der Waals surface area contributed by atoms with E-state index in [9.17, 15) is 14.0 Å². The molecule has 4 nitrogen and oxygen atoms in total. The van der Waals surface area contributed by atoms with Crippen LogP contribution in [0.5, 0.6) is 0 Å². The van der Waals surface area contributed by atoms with Crippen LogP contribution in [0.2, 0.25) is 0 Å². The Labute approximate surface area is 188 Å². The van der Waals surface area contributed by atoms with Crippen LogP contribution in [0.4, 0.5) is 4.39 Å². The summed E-state index contributed by atoms with van der Waals surface area (Å²) in [6.45, 7) is 2.21. The second-order valence-corrected chi connectivity index (χ2v) is 9.07. The molecule has 0 spiro atoms. The first kappa shape index (κ1) is 23.3. The first-order valence-corrected chi connectivity index (χ1v) is 12.1. The van der Waals surface area contributed by atoms with Crippen molar-refractivity contribution in [3.8, 4) is 0 Å². The molecule has 0 radical (unpaired) electrons. The van der Waals surface area contributed by atoms with E-state index in [0.29, 0.717) is 6.42 Å². The van der Waals surface area contributed by atoms with E-state index >= 15 is 0 Å². The minimum absolute atomic E-state index is 0.0884. The van der Waals surface area contributed by atoms with Crippen LogP contribution in [0.1, 0.15) is 51.0 Å². The molecule has 1 saturated carbocycles. The second-order valence-electron chi connectivity index (χ2n) is 8.02. The van der Waals surface area contributed by atoms with E-state index in [1.165, 1.54) is 30.3 Å². The summed E-state index contributed by atoms with van der Waals surface area (Å²) in [6, 6.07) is 15.5. The Kier molecular flexibility index (Phi) is 8.95. The van der Waals surface area contributed by atoms with Gasteiger partial charge in [0, 0.05) is 17.5 Å². The lowest BCUT2D eigenvalue weighted by Gasteiger charge is -2.32. The van der Waals surface area contributed by atoms with Crippen LogP contribution >= 0.6 is 11.8 Å². The smallest absolute Gasteiger partial charge is 0.243 e. The summed E-state index contributed by atoms with van der Waals surface area (Å²) in [7, 11) is 0. The number of nitrogens with one attached hydrogen (secondary N) is 1. The summed E-state index contributed by atoms with van der Waals surface area (Å²) in [6.07, 6.45) is 6.01. The number of halogens is 1. The molecule has 1 aliphatic rings. The van der Waals surface area contributed by atoms with Crippen LogP contribution in [0.25, 0.3) is 0 Å². The molecule has 1 fully saturated rings. The second kappa shape index (κ2) is 11.9. The van der Waals surface area contributed by atoms with Gasteiger partial charge in [-0.25, -0.2) is 4.39 Å². The number of amides is 2. The molecule has 0 aromatic heterocycles. The molecule has 0 saturated heterocycles. The van der Waals surface area contributed by atoms with E-state index in [1.54, 1.807) is 17.0 Å². The Morgan fingerprint density at radius 2 is 1.74 bits per heavy atom. The van der Waals surface area contributed by atoms with E-state index in [2.05, 4.69) is 5.32 Å². The average molecular weight is 443 g/mol. The lowest BCUT2D eigenvalue weighted by Crippen LogP contribution is -2.52. The number of hydrogen-bond donors (Lipinski definition) is 1. The highest BCUT2D eigenvalue weighted by atomic mass is 32.2. The Balaban J connectivity index is 1.73. The fraction of sp³-hybridized carbons (Fsp3) is 0.440. The van der Waals surface area contributed by atoms with Crippen LogP contribution in [-0.2, 0) is 16.1 Å². The van der Waals surface area contributed by atoms with Gasteiger partial charge in [0.1, 0.15) is 11.9 Å². The largest absolute Gasteiger partial charge is 0.352 e. The minimum Gasteiger partial charge on any atom is -0.352 e. The van der Waals surface area contributed by atoms with Crippen LogP contribution in [0, 0.1) is 5.82 Å². The third-order valence-electron chi connectivity index (χ3n) is 5.71. The van der Waals surface area contributed by atoms with E-state index in [1.807, 2.05) is 37.3 Å². The monoisotopic (exact) mass is 442 g/mol. The van der Waals surface area contributed by atoms with Gasteiger partial charge in [-0.2, -0.15) is 0 Å². The highest BCUT2D eigenvalue weighted by molar-refractivity contribution is 8.00. The van der Waals surface area contributed by atoms with Crippen molar-refractivity contribution in [2.75, 3.05) is 5.75 Å². The number of benzene rings is 2. The summed E-state index contributed by atoms with van der Waals surface area (Å²) >= 11 is 1.46. The first-order valence-electron chi connectivity index (χ1n) is 11.1. The zero-order valence-electron chi connectivity index (χ0n) is 18.1. The van der Waals surface area contributed by atoms with E-state index in [0.717, 1.165) is 36.1 Å². The Morgan fingerprint density at radius 1 is 1.06 bits per heavy atom. The quantitative estimate of drug-likeness (QED) is 0.545.